The number of benzene rings is 2. The summed E-state index contributed by atoms with van der Waals surface area (Å²) in [4.78, 5) is 2.18. The second-order valence-electron chi connectivity index (χ2n) is 6.92. The van der Waals surface area contributed by atoms with Crippen molar-refractivity contribution in [1.29, 1.82) is 0 Å². The van der Waals surface area contributed by atoms with E-state index < -0.39 is 0 Å². The number of likely N-dealkylation sites (tertiary alicyclic amines) is 1. The Hall–Kier alpha value is -2.42. The van der Waals surface area contributed by atoms with E-state index in [1.807, 2.05) is 0 Å². The topological polar surface area (TPSA) is 46.2 Å². The molecule has 146 valence electrons. The van der Waals surface area contributed by atoms with Gasteiger partial charge in [-0.3, -0.25) is 9.47 Å². The Bertz CT molecular complexity index is 1010. The summed E-state index contributed by atoms with van der Waals surface area (Å²) in [7, 11) is 0. The third-order valence-corrected chi connectivity index (χ3v) is 5.31. The summed E-state index contributed by atoms with van der Waals surface area (Å²) in [6, 6.07) is 12.1. The molecule has 1 aliphatic heterocycles. The minimum absolute atomic E-state index is 0.254. The molecule has 28 heavy (non-hydrogen) atoms. The van der Waals surface area contributed by atoms with Gasteiger partial charge in [0.15, 0.2) is 5.82 Å². The van der Waals surface area contributed by atoms with Crippen molar-refractivity contribution in [1.82, 2.24) is 19.2 Å². The van der Waals surface area contributed by atoms with Gasteiger partial charge in [0.2, 0.25) is 4.77 Å². The quantitative estimate of drug-likeness (QED) is 0.675. The van der Waals surface area contributed by atoms with Crippen LogP contribution in [0.25, 0.3) is 17.1 Å². The van der Waals surface area contributed by atoms with Crippen molar-refractivity contribution in [3.63, 3.8) is 0 Å². The second kappa shape index (κ2) is 7.90. The van der Waals surface area contributed by atoms with Gasteiger partial charge in [-0.25, -0.2) is 13.5 Å². The third kappa shape index (κ3) is 3.89. The zero-order valence-corrected chi connectivity index (χ0v) is 15.9. The molecule has 3 aromatic rings. The fourth-order valence-electron chi connectivity index (χ4n) is 3.36. The molecule has 1 aromatic heterocycles. The van der Waals surface area contributed by atoms with Crippen LogP contribution in [0.1, 0.15) is 12.8 Å². The summed E-state index contributed by atoms with van der Waals surface area (Å²) >= 11 is 5.66. The molecular formula is C20H20F2N4OS. The van der Waals surface area contributed by atoms with Crippen LogP contribution in [0.5, 0.6) is 0 Å². The van der Waals surface area contributed by atoms with Crippen LogP contribution in [0.2, 0.25) is 0 Å². The number of piperidine rings is 1. The maximum absolute atomic E-state index is 13.4. The smallest absolute Gasteiger partial charge is 0.204 e. The maximum atomic E-state index is 13.4. The lowest BCUT2D eigenvalue weighted by Crippen LogP contribution is -2.37. The van der Waals surface area contributed by atoms with Crippen LogP contribution >= 0.6 is 12.2 Å². The highest BCUT2D eigenvalue weighted by atomic mass is 32.1. The van der Waals surface area contributed by atoms with E-state index in [4.69, 9.17) is 12.2 Å². The van der Waals surface area contributed by atoms with Gasteiger partial charge >= 0.3 is 0 Å². The number of aliphatic hydroxyl groups is 1. The highest BCUT2D eigenvalue weighted by Gasteiger charge is 2.20. The number of aromatic nitrogens is 3. The molecule has 0 unspecified atom stereocenters. The fraction of sp³-hybridized carbons (Fsp3) is 0.300. The van der Waals surface area contributed by atoms with Gasteiger partial charge in [0.05, 0.1) is 18.5 Å². The van der Waals surface area contributed by atoms with Crippen LogP contribution < -0.4 is 0 Å². The van der Waals surface area contributed by atoms with Gasteiger partial charge in [-0.15, -0.1) is 5.10 Å². The molecular weight excluding hydrogens is 382 g/mol. The lowest BCUT2D eigenvalue weighted by molar-refractivity contribution is 0.0651. The first-order valence-corrected chi connectivity index (χ1v) is 9.54. The minimum atomic E-state index is -0.335. The maximum Gasteiger partial charge on any atom is 0.204 e. The van der Waals surface area contributed by atoms with Crippen LogP contribution in [0.3, 0.4) is 0 Å². The lowest BCUT2D eigenvalue weighted by atomic mass is 10.1. The Morgan fingerprint density at radius 1 is 0.964 bits per heavy atom. The molecule has 0 atom stereocenters. The first kappa shape index (κ1) is 18.9. The van der Waals surface area contributed by atoms with Crippen LogP contribution in [0, 0.1) is 16.4 Å². The first-order chi connectivity index (χ1) is 13.5. The third-order valence-electron chi connectivity index (χ3n) is 4.92. The van der Waals surface area contributed by atoms with Crippen molar-refractivity contribution in [2.45, 2.75) is 25.6 Å². The molecule has 0 saturated carbocycles. The first-order valence-electron chi connectivity index (χ1n) is 9.13. The summed E-state index contributed by atoms with van der Waals surface area (Å²) in [5.74, 6) is -0.103. The van der Waals surface area contributed by atoms with Gasteiger partial charge in [0.1, 0.15) is 11.6 Å². The van der Waals surface area contributed by atoms with Crippen molar-refractivity contribution in [3.8, 4) is 17.1 Å². The Labute approximate surface area is 166 Å². The van der Waals surface area contributed by atoms with E-state index in [-0.39, 0.29) is 17.7 Å². The molecule has 1 aliphatic rings. The number of hydrogen-bond donors (Lipinski definition) is 1. The number of aliphatic hydroxyl groups excluding tert-OH is 1. The molecule has 1 N–H and O–H groups in total. The number of hydrogen-bond acceptors (Lipinski definition) is 4. The van der Waals surface area contributed by atoms with Crippen LogP contribution in [0.15, 0.2) is 48.5 Å². The van der Waals surface area contributed by atoms with Gasteiger partial charge in [-0.05, 0) is 73.6 Å². The Morgan fingerprint density at radius 3 is 2.14 bits per heavy atom. The van der Waals surface area contributed by atoms with E-state index in [1.54, 1.807) is 33.5 Å². The van der Waals surface area contributed by atoms with E-state index in [0.717, 1.165) is 25.9 Å². The molecule has 1 fully saturated rings. The molecule has 0 aliphatic carbocycles. The SMILES string of the molecule is OC1CCN(Cn2nc(-c3ccc(F)cc3)n(-c3ccc(F)cc3)c2=S)CC1. The minimum Gasteiger partial charge on any atom is -0.393 e. The zero-order valence-electron chi connectivity index (χ0n) is 15.1. The van der Waals surface area contributed by atoms with Gasteiger partial charge < -0.3 is 5.11 Å². The van der Waals surface area contributed by atoms with Gasteiger partial charge in [-0.1, -0.05) is 0 Å². The molecule has 0 radical (unpaired) electrons. The molecule has 2 heterocycles. The van der Waals surface area contributed by atoms with E-state index in [0.29, 0.717) is 28.5 Å². The van der Waals surface area contributed by atoms with Gasteiger partial charge in [0.25, 0.3) is 0 Å². The summed E-state index contributed by atoms with van der Waals surface area (Å²) in [5.41, 5.74) is 1.40. The predicted molar refractivity (Wildman–Crippen MR) is 105 cm³/mol. The lowest BCUT2D eigenvalue weighted by Gasteiger charge is -2.28. The van der Waals surface area contributed by atoms with Gasteiger partial charge in [-0.2, -0.15) is 0 Å². The van der Waals surface area contributed by atoms with Crippen molar-refractivity contribution in [2.24, 2.45) is 0 Å². The predicted octanol–water partition coefficient (Wildman–Crippen LogP) is 3.76. The molecule has 0 amide bonds. The Kier molecular flexibility index (Phi) is 5.34. The zero-order chi connectivity index (χ0) is 19.7. The van der Waals surface area contributed by atoms with Crippen molar-refractivity contribution < 1.29 is 13.9 Å². The normalized spacial score (nSPS) is 15.8. The van der Waals surface area contributed by atoms with Crippen LogP contribution in [-0.2, 0) is 6.67 Å². The summed E-state index contributed by atoms with van der Waals surface area (Å²) < 4.78 is 30.7. The molecule has 2 aromatic carbocycles. The molecule has 0 spiro atoms. The van der Waals surface area contributed by atoms with Crippen molar-refractivity contribution in [2.75, 3.05) is 13.1 Å². The molecule has 8 heteroatoms. The number of nitrogens with zero attached hydrogens (tertiary/aromatic N) is 4. The molecule has 0 bridgehead atoms. The Morgan fingerprint density at radius 2 is 1.54 bits per heavy atom. The second-order valence-corrected chi connectivity index (χ2v) is 7.28. The fourth-order valence-corrected chi connectivity index (χ4v) is 3.65. The van der Waals surface area contributed by atoms with E-state index in [2.05, 4.69) is 10.00 Å². The van der Waals surface area contributed by atoms with E-state index in [9.17, 15) is 13.9 Å². The monoisotopic (exact) mass is 402 g/mol. The summed E-state index contributed by atoms with van der Waals surface area (Å²) in [6.45, 7) is 2.02. The average molecular weight is 402 g/mol. The number of halogens is 2. The van der Waals surface area contributed by atoms with Crippen molar-refractivity contribution in [3.05, 3.63) is 64.9 Å². The summed E-state index contributed by atoms with van der Waals surface area (Å²) in [6.07, 6.45) is 1.18. The average Bonchev–Trinajstić information content (AvgIpc) is 3.01. The summed E-state index contributed by atoms with van der Waals surface area (Å²) in [5, 5.41) is 14.4. The van der Waals surface area contributed by atoms with Crippen molar-refractivity contribution >= 4 is 12.2 Å². The van der Waals surface area contributed by atoms with E-state index in [1.165, 1.54) is 24.3 Å². The van der Waals surface area contributed by atoms with Crippen LogP contribution in [0.4, 0.5) is 8.78 Å². The van der Waals surface area contributed by atoms with Gasteiger partial charge in [0, 0.05) is 18.7 Å². The van der Waals surface area contributed by atoms with E-state index >= 15 is 0 Å². The molecule has 1 saturated heterocycles. The standard InChI is InChI=1S/C20H20F2N4OS/c21-15-3-1-14(2-4-15)19-23-25(13-24-11-9-18(27)10-12-24)20(28)26(19)17-7-5-16(22)6-8-17/h1-8,18,27H,9-13H2. The largest absolute Gasteiger partial charge is 0.393 e. The molecule has 4 rings (SSSR count). The molecule has 5 nitrogen and oxygen atoms in total. The Balaban J connectivity index is 1.76. The van der Waals surface area contributed by atoms with Crippen LogP contribution in [-0.4, -0.2) is 43.5 Å². The number of rotatable bonds is 4. The highest BCUT2D eigenvalue weighted by Crippen LogP contribution is 2.24. The highest BCUT2D eigenvalue weighted by molar-refractivity contribution is 7.71.